The first-order valence-electron chi connectivity index (χ1n) is 5.68. The second-order valence-electron chi connectivity index (χ2n) is 4.35. The highest BCUT2D eigenvalue weighted by atomic mass is 35.5. The van der Waals surface area contributed by atoms with Crippen molar-refractivity contribution in [2.24, 2.45) is 5.73 Å². The van der Waals surface area contributed by atoms with Crippen LogP contribution in [0.25, 0.3) is 0 Å². The largest absolute Gasteiger partial charge is 0.350 e. The van der Waals surface area contributed by atoms with Gasteiger partial charge >= 0.3 is 0 Å². The van der Waals surface area contributed by atoms with Crippen LogP contribution in [-0.2, 0) is 0 Å². The summed E-state index contributed by atoms with van der Waals surface area (Å²) in [5, 5.41) is 3.75. The van der Waals surface area contributed by atoms with Gasteiger partial charge in [-0.3, -0.25) is 0 Å². The first kappa shape index (κ1) is 11.6. The smallest absolute Gasteiger partial charge is 0.224 e. The van der Waals surface area contributed by atoms with Crippen molar-refractivity contribution in [2.45, 2.75) is 44.7 Å². The van der Waals surface area contributed by atoms with Crippen molar-refractivity contribution in [3.05, 3.63) is 16.9 Å². The van der Waals surface area contributed by atoms with Crippen LogP contribution in [0.5, 0.6) is 0 Å². The fourth-order valence-corrected chi connectivity index (χ4v) is 2.34. The van der Waals surface area contributed by atoms with Gasteiger partial charge in [0.2, 0.25) is 5.95 Å². The van der Waals surface area contributed by atoms with Crippen LogP contribution >= 0.6 is 11.6 Å². The van der Waals surface area contributed by atoms with Gasteiger partial charge in [-0.05, 0) is 25.8 Å². The molecule has 1 aromatic heterocycles. The van der Waals surface area contributed by atoms with E-state index in [0.29, 0.717) is 11.1 Å². The molecule has 5 heteroatoms. The lowest BCUT2D eigenvalue weighted by Gasteiger charge is -2.29. The van der Waals surface area contributed by atoms with E-state index in [0.717, 1.165) is 18.5 Å². The summed E-state index contributed by atoms with van der Waals surface area (Å²) < 4.78 is 0. The third-order valence-corrected chi connectivity index (χ3v) is 3.15. The van der Waals surface area contributed by atoms with E-state index in [4.69, 9.17) is 17.3 Å². The highest BCUT2D eigenvalue weighted by Crippen LogP contribution is 2.20. The monoisotopic (exact) mass is 240 g/mol. The number of halogens is 1. The average molecular weight is 241 g/mol. The Hall–Kier alpha value is -0.870. The fraction of sp³-hybridized carbons (Fsp3) is 0.636. The quantitative estimate of drug-likeness (QED) is 0.778. The minimum Gasteiger partial charge on any atom is -0.350 e. The van der Waals surface area contributed by atoms with Crippen molar-refractivity contribution >= 4 is 17.5 Å². The summed E-state index contributed by atoms with van der Waals surface area (Å²) in [5.41, 5.74) is 6.92. The predicted molar refractivity (Wildman–Crippen MR) is 65.6 cm³/mol. The van der Waals surface area contributed by atoms with E-state index in [1.54, 1.807) is 6.07 Å². The van der Waals surface area contributed by atoms with E-state index in [1.807, 2.05) is 6.92 Å². The molecule has 1 saturated carbocycles. The Kier molecular flexibility index (Phi) is 3.61. The molecule has 0 amide bonds. The molecule has 0 aliphatic heterocycles. The van der Waals surface area contributed by atoms with Crippen molar-refractivity contribution < 1.29 is 0 Å². The number of rotatable bonds is 2. The molecule has 0 bridgehead atoms. The maximum atomic E-state index is 6.05. The molecule has 2 atom stereocenters. The molecule has 1 heterocycles. The number of hydrogen-bond acceptors (Lipinski definition) is 4. The van der Waals surface area contributed by atoms with E-state index >= 15 is 0 Å². The van der Waals surface area contributed by atoms with E-state index in [-0.39, 0.29) is 12.1 Å². The first-order valence-corrected chi connectivity index (χ1v) is 6.06. The number of nitrogens with one attached hydrogen (secondary N) is 1. The molecule has 0 aromatic carbocycles. The maximum Gasteiger partial charge on any atom is 0.224 e. The summed E-state index contributed by atoms with van der Waals surface area (Å²) in [5.74, 6) is 0.590. The summed E-state index contributed by atoms with van der Waals surface area (Å²) in [7, 11) is 0. The minimum absolute atomic E-state index is 0.191. The Morgan fingerprint density at radius 1 is 1.38 bits per heavy atom. The molecule has 88 valence electrons. The first-order chi connectivity index (χ1) is 7.65. The highest BCUT2D eigenvalue weighted by molar-refractivity contribution is 6.29. The second kappa shape index (κ2) is 4.97. The van der Waals surface area contributed by atoms with Crippen molar-refractivity contribution in [1.82, 2.24) is 9.97 Å². The van der Waals surface area contributed by atoms with Crippen molar-refractivity contribution in [1.29, 1.82) is 0 Å². The molecule has 1 aliphatic carbocycles. The van der Waals surface area contributed by atoms with Gasteiger partial charge in [0.1, 0.15) is 5.15 Å². The topological polar surface area (TPSA) is 63.8 Å². The lowest BCUT2D eigenvalue weighted by atomic mass is 9.91. The summed E-state index contributed by atoms with van der Waals surface area (Å²) in [6, 6.07) is 2.20. The van der Waals surface area contributed by atoms with Crippen LogP contribution in [0.1, 0.15) is 31.4 Å². The third kappa shape index (κ3) is 2.83. The van der Waals surface area contributed by atoms with E-state index in [9.17, 15) is 0 Å². The van der Waals surface area contributed by atoms with Gasteiger partial charge in [0, 0.05) is 17.8 Å². The van der Waals surface area contributed by atoms with Gasteiger partial charge < -0.3 is 11.1 Å². The number of anilines is 1. The normalized spacial score (nSPS) is 25.4. The SMILES string of the molecule is Cc1cc(Cl)nc(N[C@H]2CCCC[C@@H]2N)n1. The lowest BCUT2D eigenvalue weighted by molar-refractivity contribution is 0.402. The molecule has 0 radical (unpaired) electrons. The minimum atomic E-state index is 0.191. The van der Waals surface area contributed by atoms with Gasteiger partial charge in [-0.2, -0.15) is 0 Å². The molecule has 0 unspecified atom stereocenters. The summed E-state index contributed by atoms with van der Waals surface area (Å²) in [6.45, 7) is 1.90. The van der Waals surface area contributed by atoms with Crippen LogP contribution in [0.4, 0.5) is 5.95 Å². The Bertz CT molecular complexity index is 349. The average Bonchev–Trinajstić information content (AvgIpc) is 2.20. The number of nitrogens with two attached hydrogens (primary N) is 1. The molecule has 2 rings (SSSR count). The summed E-state index contributed by atoms with van der Waals surface area (Å²) >= 11 is 5.88. The zero-order chi connectivity index (χ0) is 11.5. The van der Waals surface area contributed by atoms with Gasteiger partial charge in [-0.1, -0.05) is 24.4 Å². The van der Waals surface area contributed by atoms with Crippen LogP contribution < -0.4 is 11.1 Å². The number of aryl methyl sites for hydroxylation is 1. The van der Waals surface area contributed by atoms with Crippen LogP contribution in [0, 0.1) is 6.92 Å². The standard InChI is InChI=1S/C11H17ClN4/c1-7-6-10(12)16-11(14-7)15-9-5-3-2-4-8(9)13/h6,8-9H,2-5,13H2,1H3,(H,14,15,16)/t8-,9-/m0/s1. The van der Waals surface area contributed by atoms with Crippen LogP contribution in [0.3, 0.4) is 0 Å². The zero-order valence-corrected chi connectivity index (χ0v) is 10.2. The Morgan fingerprint density at radius 3 is 2.81 bits per heavy atom. The van der Waals surface area contributed by atoms with Gasteiger partial charge in [-0.15, -0.1) is 0 Å². The molecule has 1 aromatic rings. The molecule has 3 N–H and O–H groups in total. The number of hydrogen-bond donors (Lipinski definition) is 2. The van der Waals surface area contributed by atoms with Gasteiger partial charge in [0.25, 0.3) is 0 Å². The summed E-state index contributed by atoms with van der Waals surface area (Å²) in [6.07, 6.45) is 4.58. The van der Waals surface area contributed by atoms with Crippen LogP contribution in [-0.4, -0.2) is 22.1 Å². The van der Waals surface area contributed by atoms with E-state index in [1.165, 1.54) is 12.8 Å². The molecular weight excluding hydrogens is 224 g/mol. The Balaban J connectivity index is 2.07. The molecule has 0 spiro atoms. The molecule has 1 aliphatic rings. The Morgan fingerprint density at radius 2 is 2.12 bits per heavy atom. The fourth-order valence-electron chi connectivity index (χ4n) is 2.10. The molecular formula is C11H17ClN4. The third-order valence-electron chi connectivity index (χ3n) is 2.96. The molecule has 16 heavy (non-hydrogen) atoms. The van der Waals surface area contributed by atoms with Gasteiger partial charge in [0.05, 0.1) is 0 Å². The molecule has 4 nitrogen and oxygen atoms in total. The van der Waals surface area contributed by atoms with E-state index in [2.05, 4.69) is 15.3 Å². The zero-order valence-electron chi connectivity index (χ0n) is 9.41. The summed E-state index contributed by atoms with van der Waals surface area (Å²) in [4.78, 5) is 8.45. The second-order valence-corrected chi connectivity index (χ2v) is 4.74. The number of aromatic nitrogens is 2. The molecule has 1 fully saturated rings. The van der Waals surface area contributed by atoms with Crippen molar-refractivity contribution in [3.8, 4) is 0 Å². The lowest BCUT2D eigenvalue weighted by Crippen LogP contribution is -2.43. The van der Waals surface area contributed by atoms with Crippen LogP contribution in [0.15, 0.2) is 6.07 Å². The highest BCUT2D eigenvalue weighted by Gasteiger charge is 2.22. The molecule has 0 saturated heterocycles. The number of nitrogens with zero attached hydrogens (tertiary/aromatic N) is 2. The predicted octanol–water partition coefficient (Wildman–Crippen LogP) is 2.12. The Labute approximate surface area is 101 Å². The van der Waals surface area contributed by atoms with Crippen molar-refractivity contribution in [3.63, 3.8) is 0 Å². The maximum absolute atomic E-state index is 6.05. The van der Waals surface area contributed by atoms with Crippen molar-refractivity contribution in [2.75, 3.05) is 5.32 Å². The van der Waals surface area contributed by atoms with Crippen LogP contribution in [0.2, 0.25) is 5.15 Å². The van der Waals surface area contributed by atoms with Gasteiger partial charge in [-0.25, -0.2) is 9.97 Å². The van der Waals surface area contributed by atoms with Gasteiger partial charge in [0.15, 0.2) is 0 Å². The van der Waals surface area contributed by atoms with E-state index < -0.39 is 0 Å².